The van der Waals surface area contributed by atoms with Gasteiger partial charge in [0.1, 0.15) is 11.5 Å². The van der Waals surface area contributed by atoms with Crippen LogP contribution in [-0.2, 0) is 5.41 Å². The summed E-state index contributed by atoms with van der Waals surface area (Å²) in [6.45, 7) is 0. The van der Waals surface area contributed by atoms with E-state index in [1.165, 1.54) is 16.7 Å². The largest absolute Gasteiger partial charge is 0.508 e. The van der Waals surface area contributed by atoms with Gasteiger partial charge in [-0.3, -0.25) is 0 Å². The molecule has 0 bridgehead atoms. The zero-order valence-electron chi connectivity index (χ0n) is 21.4. The molecule has 3 nitrogen and oxygen atoms in total. The van der Waals surface area contributed by atoms with Crippen LogP contribution in [0.15, 0.2) is 126 Å². The van der Waals surface area contributed by atoms with E-state index in [9.17, 15) is 5.11 Å². The van der Waals surface area contributed by atoms with E-state index in [1.54, 1.807) is 7.11 Å². The number of phenols is 1. The van der Waals surface area contributed by atoms with Gasteiger partial charge in [-0.1, -0.05) is 94.8 Å². The molecule has 1 aromatic heterocycles. The molecule has 0 saturated carbocycles. The van der Waals surface area contributed by atoms with E-state index in [-0.39, 0.29) is 11.7 Å². The maximum Gasteiger partial charge on any atom is 0.118 e. The number of ether oxygens (including phenoxy) is 1. The Morgan fingerprint density at radius 1 is 0.769 bits per heavy atom. The molecule has 5 aromatic carbocycles. The van der Waals surface area contributed by atoms with Crippen LogP contribution < -0.4 is 4.74 Å². The lowest BCUT2D eigenvalue weighted by Crippen LogP contribution is -2.37. The third-order valence-electron chi connectivity index (χ3n) is 8.08. The third kappa shape index (κ3) is 3.55. The number of aromatic hydroxyl groups is 1. The first kappa shape index (κ1) is 23.8. The summed E-state index contributed by atoms with van der Waals surface area (Å²) in [5, 5.41) is 12.0. The lowest BCUT2D eigenvalue weighted by Gasteiger charge is -2.43. The Labute approximate surface area is 235 Å². The van der Waals surface area contributed by atoms with Gasteiger partial charge in [-0.05, 0) is 75.8 Å². The summed E-state index contributed by atoms with van der Waals surface area (Å²) in [5.41, 5.74) is 8.53. The highest BCUT2D eigenvalue weighted by atomic mass is 79.9. The van der Waals surface area contributed by atoms with Gasteiger partial charge in [0.2, 0.25) is 0 Å². The van der Waals surface area contributed by atoms with Crippen molar-refractivity contribution in [3.05, 3.63) is 165 Å². The van der Waals surface area contributed by atoms with Crippen molar-refractivity contribution >= 4 is 26.8 Å². The molecular formula is C35H26BrNO2. The van der Waals surface area contributed by atoms with Crippen LogP contribution in [0.3, 0.4) is 0 Å². The van der Waals surface area contributed by atoms with Crippen LogP contribution in [0.25, 0.3) is 10.9 Å². The van der Waals surface area contributed by atoms with Crippen molar-refractivity contribution in [2.24, 2.45) is 0 Å². The number of hydrogen-bond donors (Lipinski definition) is 2. The van der Waals surface area contributed by atoms with Crippen molar-refractivity contribution in [3.8, 4) is 11.5 Å². The highest BCUT2D eigenvalue weighted by Crippen LogP contribution is 2.57. The van der Waals surface area contributed by atoms with Crippen molar-refractivity contribution in [1.29, 1.82) is 0 Å². The van der Waals surface area contributed by atoms with E-state index in [0.717, 1.165) is 43.5 Å². The minimum atomic E-state index is -0.616. The zero-order valence-corrected chi connectivity index (χ0v) is 22.9. The molecule has 0 aliphatic heterocycles. The first-order valence-corrected chi connectivity index (χ1v) is 13.8. The fraction of sp³-hybridized carbons (Fsp3) is 0.0857. The normalized spacial score (nSPS) is 15.5. The van der Waals surface area contributed by atoms with E-state index < -0.39 is 5.41 Å². The highest BCUT2D eigenvalue weighted by molar-refractivity contribution is 9.10. The van der Waals surface area contributed by atoms with Gasteiger partial charge in [0.05, 0.1) is 12.5 Å². The Morgan fingerprint density at radius 2 is 1.44 bits per heavy atom. The second-order valence-corrected chi connectivity index (χ2v) is 11.0. The summed E-state index contributed by atoms with van der Waals surface area (Å²) in [6, 6.07) is 42.0. The summed E-state index contributed by atoms with van der Waals surface area (Å²) >= 11 is 3.73. The molecule has 0 fully saturated rings. The van der Waals surface area contributed by atoms with Crippen LogP contribution >= 0.6 is 15.9 Å². The van der Waals surface area contributed by atoms with Gasteiger partial charge in [-0.25, -0.2) is 0 Å². The van der Waals surface area contributed by atoms with Crippen LogP contribution in [-0.4, -0.2) is 17.2 Å². The molecule has 6 aromatic rings. The minimum absolute atomic E-state index is 0.100. The van der Waals surface area contributed by atoms with Gasteiger partial charge >= 0.3 is 0 Å². The number of benzene rings is 5. The Balaban J connectivity index is 1.68. The van der Waals surface area contributed by atoms with E-state index >= 15 is 0 Å². The first-order chi connectivity index (χ1) is 19.1. The number of halogens is 1. The van der Waals surface area contributed by atoms with E-state index in [1.807, 2.05) is 24.3 Å². The maximum absolute atomic E-state index is 10.9. The van der Waals surface area contributed by atoms with Crippen molar-refractivity contribution in [2.75, 3.05) is 7.11 Å². The fourth-order valence-electron chi connectivity index (χ4n) is 6.49. The Hall–Kier alpha value is -4.28. The van der Waals surface area contributed by atoms with E-state index in [4.69, 9.17) is 4.74 Å². The number of fused-ring (bicyclic) bond motifs is 4. The predicted molar refractivity (Wildman–Crippen MR) is 160 cm³/mol. The SMILES string of the molecule is COc1ccc(C2c3cc(O)ccc3C(c3ccccc3)(c3ccccc3)c3[nH]c4ccc(Br)cc4c32)cc1. The number of hydrogen-bond acceptors (Lipinski definition) is 2. The fourth-order valence-corrected chi connectivity index (χ4v) is 6.85. The Morgan fingerprint density at radius 3 is 2.08 bits per heavy atom. The van der Waals surface area contributed by atoms with Crippen molar-refractivity contribution in [2.45, 2.75) is 11.3 Å². The lowest BCUT2D eigenvalue weighted by atomic mass is 9.59. The zero-order chi connectivity index (χ0) is 26.6. The number of nitrogens with one attached hydrogen (secondary N) is 1. The molecule has 39 heavy (non-hydrogen) atoms. The Kier molecular flexibility index (Phi) is 5.60. The van der Waals surface area contributed by atoms with Crippen LogP contribution in [0.1, 0.15) is 45.0 Å². The third-order valence-corrected chi connectivity index (χ3v) is 8.57. The minimum Gasteiger partial charge on any atom is -0.508 e. The molecule has 1 heterocycles. The van der Waals surface area contributed by atoms with Gasteiger partial charge in [-0.2, -0.15) is 0 Å². The average molecular weight is 573 g/mol. The van der Waals surface area contributed by atoms with Crippen LogP contribution in [0.5, 0.6) is 11.5 Å². The van der Waals surface area contributed by atoms with E-state index in [2.05, 4.69) is 118 Å². The predicted octanol–water partition coefficient (Wildman–Crippen LogP) is 8.52. The number of aromatic amines is 1. The summed E-state index contributed by atoms with van der Waals surface area (Å²) in [4.78, 5) is 3.90. The van der Waals surface area contributed by atoms with Crippen molar-refractivity contribution in [1.82, 2.24) is 4.98 Å². The lowest BCUT2D eigenvalue weighted by molar-refractivity contribution is 0.414. The molecule has 0 amide bonds. The maximum atomic E-state index is 10.9. The Bertz CT molecular complexity index is 1770. The second-order valence-electron chi connectivity index (χ2n) is 10.1. The number of rotatable bonds is 4. The number of aromatic nitrogens is 1. The summed E-state index contributed by atoms with van der Waals surface area (Å²) < 4.78 is 6.51. The van der Waals surface area contributed by atoms with Crippen LogP contribution in [0.4, 0.5) is 0 Å². The molecular weight excluding hydrogens is 546 g/mol. The molecule has 7 rings (SSSR count). The number of H-pyrrole nitrogens is 1. The van der Waals surface area contributed by atoms with Gasteiger partial charge in [0, 0.05) is 27.0 Å². The molecule has 1 unspecified atom stereocenters. The van der Waals surface area contributed by atoms with Gasteiger partial charge in [0.25, 0.3) is 0 Å². The summed E-state index contributed by atoms with van der Waals surface area (Å²) in [7, 11) is 1.69. The second kappa shape index (κ2) is 9.18. The van der Waals surface area contributed by atoms with Gasteiger partial charge in [0.15, 0.2) is 0 Å². The van der Waals surface area contributed by atoms with Gasteiger partial charge < -0.3 is 14.8 Å². The van der Waals surface area contributed by atoms with Crippen molar-refractivity contribution < 1.29 is 9.84 Å². The van der Waals surface area contributed by atoms with Crippen LogP contribution in [0, 0.1) is 0 Å². The molecule has 1 atom stereocenters. The molecule has 4 heteroatoms. The number of methoxy groups -OCH3 is 1. The van der Waals surface area contributed by atoms with E-state index in [0.29, 0.717) is 0 Å². The average Bonchev–Trinajstić information content (AvgIpc) is 3.35. The smallest absolute Gasteiger partial charge is 0.118 e. The molecule has 1 aliphatic rings. The van der Waals surface area contributed by atoms with Gasteiger partial charge in [-0.15, -0.1) is 0 Å². The number of phenolic OH excluding ortho intramolecular Hbond substituents is 1. The molecule has 2 N–H and O–H groups in total. The molecule has 190 valence electrons. The standard InChI is InChI=1S/C35H26BrNO2/c1-39-27-16-12-22(13-17-27)32-28-21-26(38)15-18-30(28)35(23-8-4-2-5-9-23,24-10-6-3-7-11-24)34-33(32)29-20-25(36)14-19-31(29)37-34/h2-21,32,37-38H,1H3. The summed E-state index contributed by atoms with van der Waals surface area (Å²) in [5.74, 6) is 0.971. The monoisotopic (exact) mass is 571 g/mol. The molecule has 1 aliphatic carbocycles. The highest BCUT2D eigenvalue weighted by Gasteiger charge is 2.49. The molecule has 0 spiro atoms. The summed E-state index contributed by atoms with van der Waals surface area (Å²) in [6.07, 6.45) is 0. The first-order valence-electron chi connectivity index (χ1n) is 13.0. The topological polar surface area (TPSA) is 45.2 Å². The van der Waals surface area contributed by atoms with Crippen molar-refractivity contribution in [3.63, 3.8) is 0 Å². The quantitative estimate of drug-likeness (QED) is 0.222. The molecule has 0 radical (unpaired) electrons. The molecule has 0 saturated heterocycles. The van der Waals surface area contributed by atoms with Crippen LogP contribution in [0.2, 0.25) is 0 Å².